The van der Waals surface area contributed by atoms with E-state index in [1.807, 2.05) is 13.8 Å². The summed E-state index contributed by atoms with van der Waals surface area (Å²) in [5.74, 6) is 0. The second-order valence-corrected chi connectivity index (χ2v) is 5.38. The first-order valence-electron chi connectivity index (χ1n) is 6.49. The maximum absolute atomic E-state index is 9.52. The van der Waals surface area contributed by atoms with Crippen molar-refractivity contribution in [2.75, 3.05) is 13.2 Å². The Morgan fingerprint density at radius 3 is 2.59 bits per heavy atom. The number of hydrogen-bond acceptors (Lipinski definition) is 3. The quantitative estimate of drug-likeness (QED) is 0.730. The number of aryl methyl sites for hydroxylation is 2. The van der Waals surface area contributed by atoms with Gasteiger partial charge in [0.05, 0.1) is 5.69 Å². The second kappa shape index (κ2) is 5.19. The van der Waals surface area contributed by atoms with E-state index in [1.165, 1.54) is 18.4 Å². The molecule has 2 rings (SSSR count). The lowest BCUT2D eigenvalue weighted by molar-refractivity contribution is 0.128. The molecule has 1 aromatic heterocycles. The summed E-state index contributed by atoms with van der Waals surface area (Å²) in [7, 11) is 0. The first kappa shape index (κ1) is 12.6. The summed E-state index contributed by atoms with van der Waals surface area (Å²) in [5.41, 5.74) is 3.60. The zero-order valence-corrected chi connectivity index (χ0v) is 10.8. The molecule has 1 heterocycles. The Morgan fingerprint density at radius 2 is 2.06 bits per heavy atom. The molecule has 0 spiro atoms. The van der Waals surface area contributed by atoms with Gasteiger partial charge in [-0.3, -0.25) is 5.10 Å². The van der Waals surface area contributed by atoms with Crippen molar-refractivity contribution in [1.29, 1.82) is 0 Å². The Morgan fingerprint density at radius 1 is 1.35 bits per heavy atom. The fourth-order valence-electron chi connectivity index (χ4n) is 2.80. The van der Waals surface area contributed by atoms with Gasteiger partial charge in [0.1, 0.15) is 0 Å². The average molecular weight is 237 g/mol. The number of nitrogens with one attached hydrogen (secondary N) is 2. The van der Waals surface area contributed by atoms with Crippen molar-refractivity contribution in [2.24, 2.45) is 5.41 Å². The van der Waals surface area contributed by atoms with Gasteiger partial charge in [-0.15, -0.1) is 0 Å². The van der Waals surface area contributed by atoms with Gasteiger partial charge in [0, 0.05) is 36.4 Å². The standard InChI is InChI=1S/C13H23N3O/c1-10-12(11(2)16-15-10)7-14-8-13(9-17)5-3-4-6-13/h14,17H,3-9H2,1-2H3,(H,15,16). The van der Waals surface area contributed by atoms with Gasteiger partial charge in [-0.2, -0.15) is 5.10 Å². The van der Waals surface area contributed by atoms with E-state index in [2.05, 4.69) is 15.5 Å². The van der Waals surface area contributed by atoms with Crippen molar-refractivity contribution in [3.63, 3.8) is 0 Å². The highest BCUT2D eigenvalue weighted by Crippen LogP contribution is 2.36. The number of H-pyrrole nitrogens is 1. The van der Waals surface area contributed by atoms with Crippen LogP contribution in [0.25, 0.3) is 0 Å². The Kier molecular flexibility index (Phi) is 3.84. The zero-order chi connectivity index (χ0) is 12.3. The van der Waals surface area contributed by atoms with Crippen LogP contribution in [-0.4, -0.2) is 28.5 Å². The molecule has 17 heavy (non-hydrogen) atoms. The Bertz CT molecular complexity index is 347. The molecule has 0 saturated heterocycles. The lowest BCUT2D eigenvalue weighted by Crippen LogP contribution is -2.35. The lowest BCUT2D eigenvalue weighted by atomic mass is 9.87. The van der Waals surface area contributed by atoms with Crippen molar-refractivity contribution in [3.8, 4) is 0 Å². The van der Waals surface area contributed by atoms with Crippen LogP contribution in [0.4, 0.5) is 0 Å². The smallest absolute Gasteiger partial charge is 0.0638 e. The minimum atomic E-state index is 0.131. The molecule has 0 amide bonds. The summed E-state index contributed by atoms with van der Waals surface area (Å²) >= 11 is 0. The largest absolute Gasteiger partial charge is 0.396 e. The summed E-state index contributed by atoms with van der Waals surface area (Å²) in [4.78, 5) is 0. The van der Waals surface area contributed by atoms with Crippen LogP contribution in [0.3, 0.4) is 0 Å². The summed E-state index contributed by atoms with van der Waals surface area (Å²) < 4.78 is 0. The second-order valence-electron chi connectivity index (χ2n) is 5.38. The van der Waals surface area contributed by atoms with Gasteiger partial charge in [-0.25, -0.2) is 0 Å². The Hall–Kier alpha value is -0.870. The van der Waals surface area contributed by atoms with Gasteiger partial charge in [-0.05, 0) is 26.7 Å². The SMILES string of the molecule is Cc1n[nH]c(C)c1CNCC1(CO)CCCC1. The molecule has 1 aliphatic rings. The predicted octanol–water partition coefficient (Wildman–Crippen LogP) is 1.67. The summed E-state index contributed by atoms with van der Waals surface area (Å²) in [6.45, 7) is 6.14. The van der Waals surface area contributed by atoms with Crippen molar-refractivity contribution < 1.29 is 5.11 Å². The van der Waals surface area contributed by atoms with Gasteiger partial charge in [-0.1, -0.05) is 12.8 Å². The monoisotopic (exact) mass is 237 g/mol. The minimum Gasteiger partial charge on any atom is -0.396 e. The van der Waals surface area contributed by atoms with E-state index < -0.39 is 0 Å². The summed E-state index contributed by atoms with van der Waals surface area (Å²) in [6.07, 6.45) is 4.82. The van der Waals surface area contributed by atoms with Crippen molar-refractivity contribution in [2.45, 2.75) is 46.1 Å². The molecule has 1 fully saturated rings. The normalized spacial score (nSPS) is 18.8. The summed E-state index contributed by atoms with van der Waals surface area (Å²) in [5, 5.41) is 20.2. The molecular formula is C13H23N3O. The van der Waals surface area contributed by atoms with Crippen molar-refractivity contribution >= 4 is 0 Å². The van der Waals surface area contributed by atoms with E-state index >= 15 is 0 Å². The van der Waals surface area contributed by atoms with Gasteiger partial charge >= 0.3 is 0 Å². The van der Waals surface area contributed by atoms with Crippen LogP contribution >= 0.6 is 0 Å². The highest BCUT2D eigenvalue weighted by molar-refractivity contribution is 5.22. The van der Waals surface area contributed by atoms with Crippen molar-refractivity contribution in [1.82, 2.24) is 15.5 Å². The third-order valence-electron chi connectivity index (χ3n) is 4.08. The van der Waals surface area contributed by atoms with E-state index in [9.17, 15) is 5.11 Å². The number of rotatable bonds is 5. The molecule has 0 bridgehead atoms. The van der Waals surface area contributed by atoms with Crippen LogP contribution in [0.5, 0.6) is 0 Å². The number of aliphatic hydroxyl groups is 1. The molecule has 1 aromatic rings. The van der Waals surface area contributed by atoms with E-state index in [4.69, 9.17) is 0 Å². The molecule has 0 unspecified atom stereocenters. The van der Waals surface area contributed by atoms with Crippen LogP contribution in [-0.2, 0) is 6.54 Å². The van der Waals surface area contributed by atoms with Gasteiger partial charge in [0.25, 0.3) is 0 Å². The third kappa shape index (κ3) is 2.69. The third-order valence-corrected chi connectivity index (χ3v) is 4.08. The van der Waals surface area contributed by atoms with Crippen LogP contribution in [0, 0.1) is 19.3 Å². The fraction of sp³-hybridized carbons (Fsp3) is 0.769. The number of hydrogen-bond donors (Lipinski definition) is 3. The van der Waals surface area contributed by atoms with Gasteiger partial charge < -0.3 is 10.4 Å². The molecule has 0 aliphatic heterocycles. The number of aromatic nitrogens is 2. The number of aliphatic hydroxyl groups excluding tert-OH is 1. The van der Waals surface area contributed by atoms with E-state index in [1.54, 1.807) is 0 Å². The minimum absolute atomic E-state index is 0.131. The Labute approximate surface area is 103 Å². The summed E-state index contributed by atoms with van der Waals surface area (Å²) in [6, 6.07) is 0. The van der Waals surface area contributed by atoms with Crippen LogP contribution in [0.2, 0.25) is 0 Å². The van der Waals surface area contributed by atoms with E-state index in [-0.39, 0.29) is 5.41 Å². The molecule has 0 atom stereocenters. The highest BCUT2D eigenvalue weighted by Gasteiger charge is 2.32. The topological polar surface area (TPSA) is 60.9 Å². The van der Waals surface area contributed by atoms with Crippen LogP contribution in [0.1, 0.15) is 42.6 Å². The molecule has 4 nitrogen and oxygen atoms in total. The first-order chi connectivity index (χ1) is 8.17. The molecular weight excluding hydrogens is 214 g/mol. The van der Waals surface area contributed by atoms with E-state index in [0.717, 1.165) is 37.3 Å². The van der Waals surface area contributed by atoms with Crippen LogP contribution < -0.4 is 5.32 Å². The zero-order valence-electron chi connectivity index (χ0n) is 10.8. The highest BCUT2D eigenvalue weighted by atomic mass is 16.3. The molecule has 3 N–H and O–H groups in total. The number of nitrogens with zero attached hydrogens (tertiary/aromatic N) is 1. The first-order valence-corrected chi connectivity index (χ1v) is 6.49. The molecule has 96 valence electrons. The van der Waals surface area contributed by atoms with Crippen LogP contribution in [0.15, 0.2) is 0 Å². The number of aromatic amines is 1. The average Bonchev–Trinajstić information content (AvgIpc) is 2.91. The van der Waals surface area contributed by atoms with Gasteiger partial charge in [0.15, 0.2) is 0 Å². The molecule has 0 radical (unpaired) electrons. The molecule has 1 aliphatic carbocycles. The Balaban J connectivity index is 1.87. The van der Waals surface area contributed by atoms with Gasteiger partial charge in [0.2, 0.25) is 0 Å². The maximum Gasteiger partial charge on any atom is 0.0638 e. The molecule has 0 aromatic carbocycles. The maximum atomic E-state index is 9.52. The predicted molar refractivity (Wildman–Crippen MR) is 67.8 cm³/mol. The molecule has 1 saturated carbocycles. The lowest BCUT2D eigenvalue weighted by Gasteiger charge is -2.26. The molecule has 4 heteroatoms. The fourth-order valence-corrected chi connectivity index (χ4v) is 2.80. The van der Waals surface area contributed by atoms with Crippen molar-refractivity contribution in [3.05, 3.63) is 17.0 Å². The van der Waals surface area contributed by atoms with E-state index in [0.29, 0.717) is 6.61 Å².